The third kappa shape index (κ3) is 1.25. The van der Waals surface area contributed by atoms with Crippen molar-refractivity contribution in [2.45, 2.75) is 0 Å². The van der Waals surface area contributed by atoms with Gasteiger partial charge in [-0.3, -0.25) is 4.79 Å². The summed E-state index contributed by atoms with van der Waals surface area (Å²) in [5, 5.41) is 0. The molecule has 0 saturated carbocycles. The third-order valence-electron chi connectivity index (χ3n) is 0.917. The third-order valence-corrected chi connectivity index (χ3v) is 0.917. The molecule has 0 aromatic rings. The van der Waals surface area contributed by atoms with Crippen LogP contribution in [0.3, 0.4) is 0 Å². The molecule has 1 radical (unpaired) electrons. The van der Waals surface area contributed by atoms with Crippen molar-refractivity contribution in [3.8, 4) is 0 Å². The summed E-state index contributed by atoms with van der Waals surface area (Å²) in [4.78, 5) is 14.1. The maximum atomic E-state index is 10.4. The quantitative estimate of drug-likeness (QED) is 0.492. The molecule has 1 aliphatic rings. The molecule has 0 unspecified atom stereocenters. The Labute approximate surface area is 52.6 Å². The van der Waals surface area contributed by atoms with Gasteiger partial charge in [0.15, 0.2) is 0 Å². The minimum absolute atomic E-state index is 0.303. The zero-order valence-electron chi connectivity index (χ0n) is 4.74. The number of carbonyl (C=O) groups is 1. The molecule has 0 aromatic carbocycles. The Hall–Kier alpha value is -1.38. The SMILES string of the molecule is NC(=O)C1=[N+]C=CC=C1. The summed E-state index contributed by atoms with van der Waals surface area (Å²) in [6, 6.07) is 0. The van der Waals surface area contributed by atoms with E-state index >= 15 is 0 Å². The number of amides is 1. The fourth-order valence-corrected chi connectivity index (χ4v) is 0.509. The summed E-state index contributed by atoms with van der Waals surface area (Å²) in [6.45, 7) is 0. The van der Waals surface area contributed by atoms with Crippen LogP contribution in [-0.4, -0.2) is 11.6 Å². The molecule has 3 nitrogen and oxygen atoms in total. The Morgan fingerprint density at radius 3 is 2.67 bits per heavy atom. The van der Waals surface area contributed by atoms with E-state index in [4.69, 9.17) is 5.73 Å². The Kier molecular flexibility index (Phi) is 1.44. The number of rotatable bonds is 1. The van der Waals surface area contributed by atoms with Gasteiger partial charge in [-0.25, -0.2) is 0 Å². The molecule has 1 rings (SSSR count). The molecule has 0 bridgehead atoms. The van der Waals surface area contributed by atoms with Gasteiger partial charge in [0.2, 0.25) is 6.20 Å². The molecule has 0 aliphatic carbocycles. The Balaban J connectivity index is 2.84. The molecule has 1 amide bonds. The topological polar surface area (TPSA) is 57.2 Å². The summed E-state index contributed by atoms with van der Waals surface area (Å²) < 4.78 is 0. The van der Waals surface area contributed by atoms with E-state index in [-0.39, 0.29) is 0 Å². The number of nitrogens with two attached hydrogens (primary N) is 1. The van der Waals surface area contributed by atoms with Crippen LogP contribution >= 0.6 is 0 Å². The Morgan fingerprint density at radius 2 is 2.33 bits per heavy atom. The van der Waals surface area contributed by atoms with Gasteiger partial charge in [-0.05, 0) is 6.08 Å². The first-order valence-corrected chi connectivity index (χ1v) is 2.51. The normalized spacial score (nSPS) is 15.3. The lowest BCUT2D eigenvalue weighted by molar-refractivity contribution is -0.111. The lowest BCUT2D eigenvalue weighted by Crippen LogP contribution is -2.25. The largest absolute Gasteiger partial charge is 0.360 e. The van der Waals surface area contributed by atoms with Gasteiger partial charge in [0.1, 0.15) is 0 Å². The van der Waals surface area contributed by atoms with Crippen molar-refractivity contribution in [1.29, 1.82) is 0 Å². The van der Waals surface area contributed by atoms with Gasteiger partial charge < -0.3 is 5.73 Å². The number of aliphatic imine (C=N–C) groups is 1. The first-order chi connectivity index (χ1) is 4.30. The zero-order chi connectivity index (χ0) is 6.69. The van der Waals surface area contributed by atoms with E-state index in [1.54, 1.807) is 18.2 Å². The number of allylic oxidation sites excluding steroid dienone is 2. The molecule has 45 valence electrons. The van der Waals surface area contributed by atoms with Crippen molar-refractivity contribution < 1.29 is 4.79 Å². The molecule has 1 aliphatic heterocycles. The van der Waals surface area contributed by atoms with Crippen molar-refractivity contribution in [3.05, 3.63) is 24.4 Å². The smallest absolute Gasteiger partial charge is 0.340 e. The fourth-order valence-electron chi connectivity index (χ4n) is 0.509. The second kappa shape index (κ2) is 2.26. The lowest BCUT2D eigenvalue weighted by atomic mass is 10.3. The van der Waals surface area contributed by atoms with E-state index in [0.717, 1.165) is 0 Å². The Bertz CT molecular complexity index is 213. The van der Waals surface area contributed by atoms with Crippen molar-refractivity contribution in [1.82, 2.24) is 4.99 Å². The van der Waals surface area contributed by atoms with Gasteiger partial charge in [0.25, 0.3) is 0 Å². The van der Waals surface area contributed by atoms with Crippen LogP contribution in [0, 0.1) is 0 Å². The lowest BCUT2D eigenvalue weighted by Gasteiger charge is -1.80. The van der Waals surface area contributed by atoms with Crippen LogP contribution in [0.4, 0.5) is 0 Å². The molecule has 0 atom stereocenters. The summed E-state index contributed by atoms with van der Waals surface area (Å²) in [5.74, 6) is -0.490. The van der Waals surface area contributed by atoms with Crippen LogP contribution in [0.2, 0.25) is 0 Å². The van der Waals surface area contributed by atoms with Gasteiger partial charge >= 0.3 is 11.6 Å². The fraction of sp³-hybridized carbons (Fsp3) is 0. The molecule has 0 saturated heterocycles. The number of nitrogens with zero attached hydrogens (tertiary/aromatic N) is 1. The van der Waals surface area contributed by atoms with Gasteiger partial charge in [0.05, 0.1) is 4.99 Å². The van der Waals surface area contributed by atoms with E-state index in [0.29, 0.717) is 5.71 Å². The molecule has 1 heterocycles. The van der Waals surface area contributed by atoms with E-state index in [2.05, 4.69) is 4.99 Å². The first-order valence-electron chi connectivity index (χ1n) is 2.51. The number of hydrogen-bond acceptors (Lipinski definition) is 2. The molecule has 0 fully saturated rings. The van der Waals surface area contributed by atoms with E-state index in [9.17, 15) is 4.79 Å². The van der Waals surface area contributed by atoms with Crippen molar-refractivity contribution in [2.75, 3.05) is 0 Å². The molecule has 0 spiro atoms. The number of carbonyl (C=O) groups excluding carboxylic acids is 1. The van der Waals surface area contributed by atoms with Crippen LogP contribution in [0.5, 0.6) is 0 Å². The summed E-state index contributed by atoms with van der Waals surface area (Å²) in [6.07, 6.45) is 6.54. The van der Waals surface area contributed by atoms with E-state index in [1.807, 2.05) is 0 Å². The Morgan fingerprint density at radius 1 is 1.56 bits per heavy atom. The number of primary amides is 1. The summed E-state index contributed by atoms with van der Waals surface area (Å²) >= 11 is 0. The van der Waals surface area contributed by atoms with Crippen LogP contribution < -0.4 is 10.7 Å². The standard InChI is InChI=1S/C6H6N2O/c7-6(9)5-3-1-2-4-8-5/h1-4H,(H2,7,9)/q+1. The van der Waals surface area contributed by atoms with Gasteiger partial charge in [-0.1, -0.05) is 0 Å². The zero-order valence-corrected chi connectivity index (χ0v) is 4.74. The highest BCUT2D eigenvalue weighted by molar-refractivity contribution is 6.42. The van der Waals surface area contributed by atoms with Crippen LogP contribution in [0.15, 0.2) is 24.4 Å². The molecular weight excluding hydrogens is 116 g/mol. The first kappa shape index (κ1) is 5.75. The molecular formula is C6H6N2O+. The van der Waals surface area contributed by atoms with Gasteiger partial charge in [0, 0.05) is 12.2 Å². The van der Waals surface area contributed by atoms with Crippen LogP contribution in [-0.2, 0) is 4.79 Å². The minimum atomic E-state index is -0.490. The molecule has 0 aromatic heterocycles. The maximum absolute atomic E-state index is 10.4. The highest BCUT2D eigenvalue weighted by atomic mass is 16.1. The maximum Gasteiger partial charge on any atom is 0.340 e. The van der Waals surface area contributed by atoms with Crippen LogP contribution in [0.25, 0.3) is 0 Å². The van der Waals surface area contributed by atoms with Crippen molar-refractivity contribution >= 4 is 11.6 Å². The van der Waals surface area contributed by atoms with Crippen LogP contribution in [0.1, 0.15) is 0 Å². The average Bonchev–Trinajstić information content (AvgIpc) is 1.90. The predicted molar refractivity (Wildman–Crippen MR) is 34.6 cm³/mol. The van der Waals surface area contributed by atoms with Crippen molar-refractivity contribution in [2.24, 2.45) is 5.73 Å². The predicted octanol–water partition coefficient (Wildman–Crippen LogP) is -0.668. The monoisotopic (exact) mass is 122 g/mol. The van der Waals surface area contributed by atoms with Gasteiger partial charge in [-0.15, -0.1) is 0 Å². The highest BCUT2D eigenvalue weighted by Crippen LogP contribution is 1.83. The molecule has 9 heavy (non-hydrogen) atoms. The highest BCUT2D eigenvalue weighted by Gasteiger charge is 2.13. The molecule has 2 N–H and O–H groups in total. The second-order valence-electron chi connectivity index (χ2n) is 1.58. The molecule has 3 heteroatoms. The van der Waals surface area contributed by atoms with Crippen molar-refractivity contribution in [3.63, 3.8) is 0 Å². The number of hydrogen-bond donors (Lipinski definition) is 1. The average molecular weight is 122 g/mol. The second-order valence-corrected chi connectivity index (χ2v) is 1.58. The van der Waals surface area contributed by atoms with E-state index in [1.165, 1.54) is 6.20 Å². The summed E-state index contributed by atoms with van der Waals surface area (Å²) in [5.41, 5.74) is 5.22. The van der Waals surface area contributed by atoms with E-state index < -0.39 is 5.91 Å². The summed E-state index contributed by atoms with van der Waals surface area (Å²) in [7, 11) is 0. The minimum Gasteiger partial charge on any atom is -0.360 e. The van der Waals surface area contributed by atoms with Gasteiger partial charge in [-0.2, -0.15) is 0 Å².